The summed E-state index contributed by atoms with van der Waals surface area (Å²) in [6.07, 6.45) is 0.259. The second-order valence-electron chi connectivity index (χ2n) is 7.65. The van der Waals surface area contributed by atoms with Crippen molar-refractivity contribution >= 4 is 29.2 Å². The fourth-order valence-electron chi connectivity index (χ4n) is 3.77. The van der Waals surface area contributed by atoms with Crippen molar-refractivity contribution in [2.45, 2.75) is 34.1 Å². The summed E-state index contributed by atoms with van der Waals surface area (Å²) in [7, 11) is 0. The highest BCUT2D eigenvalue weighted by Gasteiger charge is 2.23. The standard InChI is InChI=1S/C26H29N3O4/c1-5-29(21-10-8-7-9-11-21)22(30)16-19-12-14-20(15-13-19)28-25(31)24-17(3)23(18(4)27-24)26(32)33-6-2/h7-15,27H,5-6,16H2,1-4H3,(H,28,31). The molecule has 2 aromatic carbocycles. The highest BCUT2D eigenvalue weighted by molar-refractivity contribution is 6.06. The maximum atomic E-state index is 12.8. The van der Waals surface area contributed by atoms with Crippen LogP contribution in [0, 0.1) is 13.8 Å². The van der Waals surface area contributed by atoms with Crippen molar-refractivity contribution in [1.29, 1.82) is 0 Å². The first-order valence-corrected chi connectivity index (χ1v) is 11.0. The highest BCUT2D eigenvalue weighted by atomic mass is 16.5. The zero-order valence-electron chi connectivity index (χ0n) is 19.4. The minimum absolute atomic E-state index is 0.00414. The molecule has 1 aromatic heterocycles. The van der Waals surface area contributed by atoms with Crippen LogP contribution in [0.5, 0.6) is 0 Å². The van der Waals surface area contributed by atoms with Crippen LogP contribution in [-0.4, -0.2) is 35.9 Å². The summed E-state index contributed by atoms with van der Waals surface area (Å²) in [4.78, 5) is 42.4. The maximum Gasteiger partial charge on any atom is 0.340 e. The number of aryl methyl sites for hydroxylation is 1. The number of benzene rings is 2. The molecule has 0 atom stereocenters. The predicted octanol–water partition coefficient (Wildman–Crippen LogP) is 4.66. The molecule has 0 aliphatic rings. The van der Waals surface area contributed by atoms with Crippen LogP contribution in [0.4, 0.5) is 11.4 Å². The highest BCUT2D eigenvalue weighted by Crippen LogP contribution is 2.21. The summed E-state index contributed by atoms with van der Waals surface area (Å²) in [6.45, 7) is 7.98. The number of amides is 2. The first-order valence-electron chi connectivity index (χ1n) is 11.0. The van der Waals surface area contributed by atoms with Gasteiger partial charge in [0.1, 0.15) is 5.69 Å². The molecule has 0 fully saturated rings. The Hall–Kier alpha value is -3.87. The molecule has 0 bridgehead atoms. The Morgan fingerprint density at radius 2 is 1.64 bits per heavy atom. The maximum absolute atomic E-state index is 12.8. The lowest BCUT2D eigenvalue weighted by Gasteiger charge is -2.21. The number of H-pyrrole nitrogens is 1. The van der Waals surface area contributed by atoms with Crippen molar-refractivity contribution in [2.24, 2.45) is 0 Å². The fourth-order valence-corrected chi connectivity index (χ4v) is 3.77. The Bertz CT molecular complexity index is 1130. The zero-order valence-corrected chi connectivity index (χ0v) is 19.4. The molecule has 0 saturated heterocycles. The summed E-state index contributed by atoms with van der Waals surface area (Å²) >= 11 is 0. The van der Waals surface area contributed by atoms with Gasteiger partial charge in [-0.2, -0.15) is 0 Å². The van der Waals surface area contributed by atoms with Crippen molar-refractivity contribution in [2.75, 3.05) is 23.4 Å². The van der Waals surface area contributed by atoms with Crippen molar-refractivity contribution in [3.63, 3.8) is 0 Å². The summed E-state index contributed by atoms with van der Waals surface area (Å²) in [5, 5.41) is 2.83. The molecule has 0 unspecified atom stereocenters. The van der Waals surface area contributed by atoms with E-state index >= 15 is 0 Å². The molecule has 3 rings (SSSR count). The van der Waals surface area contributed by atoms with Gasteiger partial charge in [0.25, 0.3) is 5.91 Å². The van der Waals surface area contributed by atoms with Crippen molar-refractivity contribution in [3.05, 3.63) is 82.7 Å². The third-order valence-electron chi connectivity index (χ3n) is 5.40. The number of nitrogens with zero attached hydrogens (tertiary/aromatic N) is 1. The van der Waals surface area contributed by atoms with Crippen molar-refractivity contribution in [1.82, 2.24) is 4.98 Å². The van der Waals surface area contributed by atoms with Gasteiger partial charge < -0.3 is 19.9 Å². The number of aromatic nitrogens is 1. The Kier molecular flexibility index (Phi) is 7.66. The molecule has 1 heterocycles. The number of hydrogen-bond donors (Lipinski definition) is 2. The van der Waals surface area contributed by atoms with Crippen LogP contribution < -0.4 is 10.2 Å². The predicted molar refractivity (Wildman–Crippen MR) is 129 cm³/mol. The quantitative estimate of drug-likeness (QED) is 0.492. The lowest BCUT2D eigenvalue weighted by Crippen LogP contribution is -2.31. The molecule has 33 heavy (non-hydrogen) atoms. The van der Waals surface area contributed by atoms with Crippen LogP contribution in [-0.2, 0) is 16.0 Å². The third-order valence-corrected chi connectivity index (χ3v) is 5.40. The number of ether oxygens (including phenoxy) is 1. The molecular formula is C26H29N3O4. The fraction of sp³-hybridized carbons (Fsp3) is 0.269. The van der Waals surface area contributed by atoms with Gasteiger partial charge in [-0.1, -0.05) is 30.3 Å². The van der Waals surface area contributed by atoms with E-state index in [1.807, 2.05) is 49.4 Å². The molecule has 2 N–H and O–H groups in total. The summed E-state index contributed by atoms with van der Waals surface area (Å²) < 4.78 is 5.08. The van der Waals surface area contributed by atoms with Crippen LogP contribution in [0.3, 0.4) is 0 Å². The van der Waals surface area contributed by atoms with Crippen LogP contribution in [0.1, 0.15) is 51.5 Å². The van der Waals surface area contributed by atoms with E-state index in [1.165, 1.54) is 0 Å². The molecule has 2 amide bonds. The molecule has 0 radical (unpaired) electrons. The van der Waals surface area contributed by atoms with Crippen LogP contribution in [0.25, 0.3) is 0 Å². The van der Waals surface area contributed by atoms with Crippen molar-refractivity contribution < 1.29 is 19.1 Å². The summed E-state index contributed by atoms with van der Waals surface area (Å²) in [6, 6.07) is 16.7. The van der Waals surface area contributed by atoms with E-state index in [0.717, 1.165) is 11.3 Å². The smallest absolute Gasteiger partial charge is 0.340 e. The van der Waals surface area contributed by atoms with Gasteiger partial charge in [-0.15, -0.1) is 0 Å². The van der Waals surface area contributed by atoms with Gasteiger partial charge in [-0.3, -0.25) is 9.59 Å². The number of esters is 1. The van der Waals surface area contributed by atoms with Gasteiger partial charge >= 0.3 is 5.97 Å². The summed E-state index contributed by atoms with van der Waals surface area (Å²) in [5.74, 6) is -0.797. The van der Waals surface area contributed by atoms with E-state index < -0.39 is 5.97 Å². The first-order chi connectivity index (χ1) is 15.8. The Balaban J connectivity index is 1.67. The second-order valence-corrected chi connectivity index (χ2v) is 7.65. The molecule has 0 aliphatic heterocycles. The number of anilines is 2. The molecule has 172 valence electrons. The number of hydrogen-bond acceptors (Lipinski definition) is 4. The van der Waals surface area contributed by atoms with Gasteiger partial charge in [-0.05, 0) is 63.1 Å². The SMILES string of the molecule is CCOC(=O)c1c(C)[nH]c(C(=O)Nc2ccc(CC(=O)N(CC)c3ccccc3)cc2)c1C. The molecule has 0 saturated carbocycles. The van der Waals surface area contributed by atoms with Gasteiger partial charge in [-0.25, -0.2) is 4.79 Å². The number of nitrogens with one attached hydrogen (secondary N) is 2. The van der Waals surface area contributed by atoms with E-state index in [1.54, 1.807) is 37.8 Å². The van der Waals surface area contributed by atoms with E-state index in [9.17, 15) is 14.4 Å². The molecule has 0 spiro atoms. The Labute approximate surface area is 193 Å². The largest absolute Gasteiger partial charge is 0.462 e. The Morgan fingerprint density at radius 1 is 0.970 bits per heavy atom. The van der Waals surface area contributed by atoms with Crippen LogP contribution in [0.15, 0.2) is 54.6 Å². The minimum atomic E-state index is -0.451. The molecular weight excluding hydrogens is 418 g/mol. The van der Waals surface area contributed by atoms with Crippen LogP contribution in [0.2, 0.25) is 0 Å². The molecule has 7 nitrogen and oxygen atoms in total. The van der Waals surface area contributed by atoms with E-state index in [2.05, 4.69) is 10.3 Å². The molecule has 0 aliphatic carbocycles. The van der Waals surface area contributed by atoms with Gasteiger partial charge in [0.2, 0.25) is 5.91 Å². The average molecular weight is 448 g/mol. The number of carbonyl (C=O) groups excluding carboxylic acids is 3. The minimum Gasteiger partial charge on any atom is -0.462 e. The zero-order chi connectivity index (χ0) is 24.0. The van der Waals surface area contributed by atoms with E-state index in [0.29, 0.717) is 34.7 Å². The lowest BCUT2D eigenvalue weighted by atomic mass is 10.1. The van der Waals surface area contributed by atoms with E-state index in [4.69, 9.17) is 4.74 Å². The van der Waals surface area contributed by atoms with Crippen molar-refractivity contribution in [3.8, 4) is 0 Å². The number of likely N-dealkylation sites (N-methyl/N-ethyl adjacent to an activating group) is 1. The number of aromatic amines is 1. The Morgan fingerprint density at radius 3 is 2.24 bits per heavy atom. The number of rotatable bonds is 8. The normalized spacial score (nSPS) is 10.5. The van der Waals surface area contributed by atoms with Gasteiger partial charge in [0.05, 0.1) is 18.6 Å². The van der Waals surface area contributed by atoms with Gasteiger partial charge in [0.15, 0.2) is 0 Å². The first kappa shape index (κ1) is 23.8. The molecule has 7 heteroatoms. The number of carbonyl (C=O) groups is 3. The summed E-state index contributed by atoms with van der Waals surface area (Å²) in [5.41, 5.74) is 4.15. The van der Waals surface area contributed by atoms with Crippen LogP contribution >= 0.6 is 0 Å². The lowest BCUT2D eigenvalue weighted by molar-refractivity contribution is -0.117. The molecule has 3 aromatic rings. The monoisotopic (exact) mass is 447 g/mol. The second kappa shape index (κ2) is 10.6. The van der Waals surface area contributed by atoms with Gasteiger partial charge in [0, 0.05) is 23.6 Å². The average Bonchev–Trinajstić information content (AvgIpc) is 3.10. The third kappa shape index (κ3) is 5.49. The van der Waals surface area contributed by atoms with E-state index in [-0.39, 0.29) is 24.8 Å². The topological polar surface area (TPSA) is 91.5 Å². The number of para-hydroxylation sites is 1.